The van der Waals surface area contributed by atoms with E-state index in [2.05, 4.69) is 15.4 Å². The standard InChI is InChI=1S/C10H11N5O/c1-15-10(12-6-13-15)14-9(16)7-3-2-4-8(11)5-7/h2-6H,11H2,1H3,(H,12,13,14,16). The fourth-order valence-corrected chi connectivity index (χ4v) is 1.26. The van der Waals surface area contributed by atoms with E-state index in [9.17, 15) is 4.79 Å². The van der Waals surface area contributed by atoms with Crippen molar-refractivity contribution in [2.45, 2.75) is 0 Å². The molecule has 82 valence electrons. The zero-order chi connectivity index (χ0) is 11.5. The molecule has 3 N–H and O–H groups in total. The molecule has 0 atom stereocenters. The number of amides is 1. The predicted molar refractivity (Wildman–Crippen MR) is 59.8 cm³/mol. The molecule has 6 nitrogen and oxygen atoms in total. The Hall–Kier alpha value is -2.37. The summed E-state index contributed by atoms with van der Waals surface area (Å²) in [7, 11) is 1.70. The fraction of sp³-hybridized carbons (Fsp3) is 0.100. The van der Waals surface area contributed by atoms with Crippen LogP contribution >= 0.6 is 0 Å². The van der Waals surface area contributed by atoms with Crippen LogP contribution in [-0.4, -0.2) is 20.7 Å². The zero-order valence-corrected chi connectivity index (χ0v) is 8.71. The number of hydrogen-bond acceptors (Lipinski definition) is 4. The summed E-state index contributed by atoms with van der Waals surface area (Å²) in [6.45, 7) is 0. The second kappa shape index (κ2) is 4.01. The van der Waals surface area contributed by atoms with Gasteiger partial charge in [-0.05, 0) is 18.2 Å². The van der Waals surface area contributed by atoms with E-state index < -0.39 is 0 Å². The molecular formula is C10H11N5O. The normalized spacial score (nSPS) is 10.1. The Labute approximate surface area is 92.1 Å². The van der Waals surface area contributed by atoms with Crippen molar-refractivity contribution in [2.24, 2.45) is 7.05 Å². The van der Waals surface area contributed by atoms with Crippen molar-refractivity contribution in [3.05, 3.63) is 36.2 Å². The van der Waals surface area contributed by atoms with Gasteiger partial charge in [-0.2, -0.15) is 10.1 Å². The largest absolute Gasteiger partial charge is 0.399 e. The van der Waals surface area contributed by atoms with Crippen molar-refractivity contribution >= 4 is 17.5 Å². The first-order valence-corrected chi connectivity index (χ1v) is 4.67. The molecule has 2 rings (SSSR count). The lowest BCUT2D eigenvalue weighted by molar-refractivity contribution is 0.102. The van der Waals surface area contributed by atoms with Crippen LogP contribution in [0.15, 0.2) is 30.6 Å². The van der Waals surface area contributed by atoms with Crippen LogP contribution < -0.4 is 11.1 Å². The monoisotopic (exact) mass is 217 g/mol. The van der Waals surface area contributed by atoms with Crippen LogP contribution in [-0.2, 0) is 7.05 Å². The predicted octanol–water partition coefficient (Wildman–Crippen LogP) is 0.650. The topological polar surface area (TPSA) is 85.8 Å². The summed E-state index contributed by atoms with van der Waals surface area (Å²) in [6, 6.07) is 6.73. The van der Waals surface area contributed by atoms with Gasteiger partial charge in [-0.25, -0.2) is 4.68 Å². The van der Waals surface area contributed by atoms with Crippen molar-refractivity contribution in [2.75, 3.05) is 11.1 Å². The first kappa shape index (κ1) is 10.2. The highest BCUT2D eigenvalue weighted by Crippen LogP contribution is 2.08. The van der Waals surface area contributed by atoms with Crippen molar-refractivity contribution in [3.63, 3.8) is 0 Å². The molecule has 0 radical (unpaired) electrons. The van der Waals surface area contributed by atoms with E-state index in [0.29, 0.717) is 17.2 Å². The maximum absolute atomic E-state index is 11.8. The summed E-state index contributed by atoms with van der Waals surface area (Å²) in [5.41, 5.74) is 6.62. The van der Waals surface area contributed by atoms with Crippen molar-refractivity contribution in [1.82, 2.24) is 14.8 Å². The highest BCUT2D eigenvalue weighted by Gasteiger charge is 2.08. The summed E-state index contributed by atoms with van der Waals surface area (Å²) in [5, 5.41) is 6.48. The van der Waals surface area contributed by atoms with Crippen LogP contribution in [0.5, 0.6) is 0 Å². The lowest BCUT2D eigenvalue weighted by Crippen LogP contribution is -2.15. The molecular weight excluding hydrogens is 206 g/mol. The Kier molecular flexibility index (Phi) is 2.55. The number of aromatic nitrogens is 3. The maximum Gasteiger partial charge on any atom is 0.258 e. The van der Waals surface area contributed by atoms with Gasteiger partial charge >= 0.3 is 0 Å². The number of hydrogen-bond donors (Lipinski definition) is 2. The van der Waals surface area contributed by atoms with Crippen LogP contribution in [0.25, 0.3) is 0 Å². The molecule has 1 aromatic heterocycles. The molecule has 1 heterocycles. The number of nitrogens with two attached hydrogens (primary N) is 1. The number of carbonyl (C=O) groups excluding carboxylic acids is 1. The quantitative estimate of drug-likeness (QED) is 0.723. The van der Waals surface area contributed by atoms with Crippen LogP contribution in [0.2, 0.25) is 0 Å². The SMILES string of the molecule is Cn1ncnc1NC(=O)c1cccc(N)c1. The number of aryl methyl sites for hydroxylation is 1. The number of nitrogen functional groups attached to an aromatic ring is 1. The first-order valence-electron chi connectivity index (χ1n) is 4.67. The van der Waals surface area contributed by atoms with Crippen molar-refractivity contribution < 1.29 is 4.79 Å². The molecule has 0 saturated carbocycles. The molecule has 0 aliphatic rings. The van der Waals surface area contributed by atoms with E-state index in [-0.39, 0.29) is 5.91 Å². The fourth-order valence-electron chi connectivity index (χ4n) is 1.26. The lowest BCUT2D eigenvalue weighted by Gasteiger charge is -2.04. The summed E-state index contributed by atoms with van der Waals surface area (Å²) in [4.78, 5) is 15.7. The number of anilines is 2. The van der Waals surface area contributed by atoms with E-state index >= 15 is 0 Å². The third-order valence-electron chi connectivity index (χ3n) is 2.09. The molecule has 1 aromatic carbocycles. The first-order chi connectivity index (χ1) is 7.66. The zero-order valence-electron chi connectivity index (χ0n) is 8.71. The van der Waals surface area contributed by atoms with Crippen LogP contribution in [0.1, 0.15) is 10.4 Å². The van der Waals surface area contributed by atoms with Gasteiger partial charge in [0, 0.05) is 18.3 Å². The Bertz CT molecular complexity index is 519. The van der Waals surface area contributed by atoms with Crippen molar-refractivity contribution in [3.8, 4) is 0 Å². The Morgan fingerprint density at radius 2 is 2.31 bits per heavy atom. The van der Waals surface area contributed by atoms with Crippen LogP contribution in [0.3, 0.4) is 0 Å². The average Bonchev–Trinajstić information content (AvgIpc) is 2.64. The van der Waals surface area contributed by atoms with Crippen LogP contribution in [0, 0.1) is 0 Å². The van der Waals surface area contributed by atoms with E-state index in [1.165, 1.54) is 11.0 Å². The molecule has 6 heteroatoms. The van der Waals surface area contributed by atoms with Gasteiger partial charge in [0.15, 0.2) is 0 Å². The molecule has 0 fully saturated rings. The van der Waals surface area contributed by atoms with E-state index in [0.717, 1.165) is 0 Å². The van der Waals surface area contributed by atoms with Crippen molar-refractivity contribution in [1.29, 1.82) is 0 Å². The van der Waals surface area contributed by atoms with Gasteiger partial charge in [0.1, 0.15) is 6.33 Å². The molecule has 1 amide bonds. The van der Waals surface area contributed by atoms with E-state index in [1.807, 2.05) is 0 Å². The van der Waals surface area contributed by atoms with Gasteiger partial charge < -0.3 is 5.73 Å². The number of rotatable bonds is 2. The number of carbonyl (C=O) groups is 1. The molecule has 0 bridgehead atoms. The molecule has 0 unspecified atom stereocenters. The lowest BCUT2D eigenvalue weighted by atomic mass is 10.2. The Morgan fingerprint density at radius 3 is 2.94 bits per heavy atom. The minimum Gasteiger partial charge on any atom is -0.399 e. The summed E-state index contributed by atoms with van der Waals surface area (Å²) < 4.78 is 1.48. The number of nitrogens with one attached hydrogen (secondary N) is 1. The third kappa shape index (κ3) is 2.00. The third-order valence-corrected chi connectivity index (χ3v) is 2.09. The van der Waals surface area contributed by atoms with Gasteiger partial charge in [-0.15, -0.1) is 0 Å². The highest BCUT2D eigenvalue weighted by molar-refractivity contribution is 6.03. The highest BCUT2D eigenvalue weighted by atomic mass is 16.1. The number of nitrogens with zero attached hydrogens (tertiary/aromatic N) is 3. The summed E-state index contributed by atoms with van der Waals surface area (Å²) in [5.74, 6) is 0.135. The second-order valence-corrected chi connectivity index (χ2v) is 3.29. The minimum atomic E-state index is -0.261. The molecule has 16 heavy (non-hydrogen) atoms. The van der Waals surface area contributed by atoms with E-state index in [1.54, 1.807) is 31.3 Å². The molecule has 2 aromatic rings. The Balaban J connectivity index is 2.18. The van der Waals surface area contributed by atoms with Gasteiger partial charge in [0.2, 0.25) is 5.95 Å². The van der Waals surface area contributed by atoms with Gasteiger partial charge in [-0.3, -0.25) is 10.1 Å². The molecule has 0 aliphatic carbocycles. The molecule has 0 aliphatic heterocycles. The minimum absolute atomic E-state index is 0.261. The smallest absolute Gasteiger partial charge is 0.258 e. The van der Waals surface area contributed by atoms with Gasteiger partial charge in [-0.1, -0.05) is 6.07 Å². The van der Waals surface area contributed by atoms with E-state index in [4.69, 9.17) is 5.73 Å². The maximum atomic E-state index is 11.8. The summed E-state index contributed by atoms with van der Waals surface area (Å²) in [6.07, 6.45) is 1.37. The summed E-state index contributed by atoms with van der Waals surface area (Å²) >= 11 is 0. The second-order valence-electron chi connectivity index (χ2n) is 3.29. The van der Waals surface area contributed by atoms with Gasteiger partial charge in [0.05, 0.1) is 0 Å². The number of benzene rings is 1. The van der Waals surface area contributed by atoms with Gasteiger partial charge in [0.25, 0.3) is 5.91 Å². The Morgan fingerprint density at radius 1 is 1.50 bits per heavy atom. The average molecular weight is 217 g/mol. The molecule has 0 saturated heterocycles. The van der Waals surface area contributed by atoms with Crippen LogP contribution in [0.4, 0.5) is 11.6 Å². The molecule has 0 spiro atoms.